The Morgan fingerprint density at radius 3 is 2.71 bits per heavy atom. The molecular formula is C26H21ClN4O2S. The highest BCUT2D eigenvalue weighted by molar-refractivity contribution is 7.14. The maximum Gasteiger partial charge on any atom is 0.268 e. The molecule has 34 heavy (non-hydrogen) atoms. The smallest absolute Gasteiger partial charge is 0.268 e. The van der Waals surface area contributed by atoms with Gasteiger partial charge >= 0.3 is 0 Å². The molecule has 0 unspecified atom stereocenters. The monoisotopic (exact) mass is 488 g/mol. The van der Waals surface area contributed by atoms with E-state index in [1.807, 2.05) is 76.8 Å². The van der Waals surface area contributed by atoms with Crippen LogP contribution in [0.3, 0.4) is 0 Å². The summed E-state index contributed by atoms with van der Waals surface area (Å²) in [6, 6.07) is 22.7. The minimum Gasteiger partial charge on any atom is -0.494 e. The van der Waals surface area contributed by atoms with E-state index in [2.05, 4.69) is 10.3 Å². The van der Waals surface area contributed by atoms with Gasteiger partial charge in [-0.3, -0.25) is 10.1 Å². The first-order valence-corrected chi connectivity index (χ1v) is 11.9. The molecule has 0 bridgehead atoms. The Kier molecular flexibility index (Phi) is 7.76. The van der Waals surface area contributed by atoms with E-state index < -0.39 is 5.91 Å². The molecule has 0 saturated carbocycles. The third kappa shape index (κ3) is 6.13. The number of nitrogens with one attached hydrogen (secondary N) is 1. The van der Waals surface area contributed by atoms with Crippen LogP contribution in [0.15, 0.2) is 83.9 Å². The van der Waals surface area contributed by atoms with Crippen LogP contribution in [-0.4, -0.2) is 22.1 Å². The van der Waals surface area contributed by atoms with E-state index in [-0.39, 0.29) is 5.57 Å². The number of carbonyl (C=O) groups is 1. The summed E-state index contributed by atoms with van der Waals surface area (Å²) in [4.78, 5) is 17.1. The average molecular weight is 489 g/mol. The molecule has 8 heteroatoms. The average Bonchev–Trinajstić information content (AvgIpc) is 3.51. The molecule has 0 fully saturated rings. The van der Waals surface area contributed by atoms with Crippen LogP contribution < -0.4 is 10.1 Å². The third-order valence-electron chi connectivity index (χ3n) is 4.94. The minimum absolute atomic E-state index is 0.00817. The molecule has 0 atom stereocenters. The van der Waals surface area contributed by atoms with E-state index in [1.54, 1.807) is 18.2 Å². The van der Waals surface area contributed by atoms with Crippen LogP contribution in [-0.2, 0) is 11.3 Å². The molecule has 0 aliphatic heterocycles. The molecule has 4 rings (SSSR count). The van der Waals surface area contributed by atoms with E-state index in [0.29, 0.717) is 23.3 Å². The summed E-state index contributed by atoms with van der Waals surface area (Å²) < 4.78 is 7.71. The van der Waals surface area contributed by atoms with E-state index in [0.717, 1.165) is 29.1 Å². The van der Waals surface area contributed by atoms with Gasteiger partial charge in [-0.2, -0.15) is 5.26 Å². The molecule has 2 aromatic carbocycles. The van der Waals surface area contributed by atoms with Gasteiger partial charge in [0.15, 0.2) is 5.13 Å². The molecule has 0 aliphatic carbocycles. The summed E-state index contributed by atoms with van der Waals surface area (Å²) >= 11 is 7.20. The topological polar surface area (TPSA) is 79.9 Å². The lowest BCUT2D eigenvalue weighted by Crippen LogP contribution is -2.13. The number of thiazole rings is 1. The maximum absolute atomic E-state index is 12.7. The van der Waals surface area contributed by atoms with Crippen molar-refractivity contribution in [3.05, 3.63) is 94.6 Å². The van der Waals surface area contributed by atoms with Crippen LogP contribution >= 0.6 is 22.9 Å². The number of carbonyl (C=O) groups excluding carboxylic acids is 1. The molecule has 0 saturated heterocycles. The lowest BCUT2D eigenvalue weighted by molar-refractivity contribution is -0.112. The number of halogens is 1. The van der Waals surface area contributed by atoms with E-state index in [1.165, 1.54) is 11.3 Å². The molecular weight excluding hydrogens is 468 g/mol. The molecule has 4 aromatic rings. The normalized spacial score (nSPS) is 11.1. The number of nitrogens with zero attached hydrogens (tertiary/aromatic N) is 3. The molecule has 2 heterocycles. The largest absolute Gasteiger partial charge is 0.494 e. The summed E-state index contributed by atoms with van der Waals surface area (Å²) in [6.45, 7) is 1.21. The van der Waals surface area contributed by atoms with Crippen LogP contribution in [0.2, 0.25) is 5.02 Å². The fraction of sp³-hybridized carbons (Fsp3) is 0.115. The Morgan fingerprint density at radius 1 is 1.15 bits per heavy atom. The summed E-state index contributed by atoms with van der Waals surface area (Å²) in [5, 5.41) is 15.3. The minimum atomic E-state index is -0.490. The first-order valence-electron chi connectivity index (χ1n) is 10.6. The molecule has 0 spiro atoms. The van der Waals surface area contributed by atoms with Gasteiger partial charge in [-0.1, -0.05) is 41.9 Å². The zero-order valence-corrected chi connectivity index (χ0v) is 19.7. The quantitative estimate of drug-likeness (QED) is 0.171. The van der Waals surface area contributed by atoms with Crippen LogP contribution in [0.25, 0.3) is 17.3 Å². The van der Waals surface area contributed by atoms with Crippen molar-refractivity contribution in [2.75, 3.05) is 11.9 Å². The molecule has 0 aliphatic rings. The summed E-state index contributed by atoms with van der Waals surface area (Å²) in [5.74, 6) is 0.272. The Hall–Kier alpha value is -3.86. The fourth-order valence-corrected chi connectivity index (χ4v) is 4.09. The van der Waals surface area contributed by atoms with E-state index in [9.17, 15) is 10.1 Å². The fourth-order valence-electron chi connectivity index (χ4n) is 3.25. The first-order chi connectivity index (χ1) is 16.6. The van der Waals surface area contributed by atoms with Gasteiger partial charge in [0.25, 0.3) is 5.91 Å². The second-order valence-corrected chi connectivity index (χ2v) is 8.60. The number of anilines is 1. The van der Waals surface area contributed by atoms with Crippen molar-refractivity contribution in [3.8, 4) is 23.1 Å². The number of hydrogen-bond donors (Lipinski definition) is 1. The maximum atomic E-state index is 12.7. The van der Waals surface area contributed by atoms with Gasteiger partial charge in [-0.25, -0.2) is 4.98 Å². The van der Waals surface area contributed by atoms with Gasteiger partial charge in [0, 0.05) is 34.4 Å². The van der Waals surface area contributed by atoms with Gasteiger partial charge in [-0.05, 0) is 48.9 Å². The lowest BCUT2D eigenvalue weighted by atomic mass is 10.2. The number of aromatic nitrogens is 2. The van der Waals surface area contributed by atoms with Crippen molar-refractivity contribution in [1.82, 2.24) is 9.55 Å². The molecule has 1 N–H and O–H groups in total. The molecule has 6 nitrogen and oxygen atoms in total. The highest BCUT2D eigenvalue weighted by atomic mass is 35.5. The highest BCUT2D eigenvalue weighted by Gasteiger charge is 2.13. The number of rotatable bonds is 9. The number of amides is 1. The van der Waals surface area contributed by atoms with Crippen molar-refractivity contribution in [3.63, 3.8) is 0 Å². The number of hydrogen-bond acceptors (Lipinski definition) is 5. The number of nitriles is 1. The molecule has 0 radical (unpaired) electrons. The Labute approximate surface area is 206 Å². The second-order valence-electron chi connectivity index (χ2n) is 7.31. The molecule has 2 aromatic heterocycles. The zero-order chi connectivity index (χ0) is 23.8. The van der Waals surface area contributed by atoms with Crippen LogP contribution in [0.1, 0.15) is 12.1 Å². The van der Waals surface area contributed by atoms with Crippen LogP contribution in [0.5, 0.6) is 5.75 Å². The van der Waals surface area contributed by atoms with Crippen molar-refractivity contribution >= 4 is 40.1 Å². The van der Waals surface area contributed by atoms with E-state index >= 15 is 0 Å². The SMILES string of the molecule is N#CC(=Cc1cccn1CCCOc1ccc(Cl)cc1)C(=O)Nc1nc(-c2ccccc2)cs1. The summed E-state index contributed by atoms with van der Waals surface area (Å²) in [6.07, 6.45) is 4.25. The van der Waals surface area contributed by atoms with Gasteiger partial charge in [0.05, 0.1) is 12.3 Å². The predicted molar refractivity (Wildman–Crippen MR) is 136 cm³/mol. The highest BCUT2D eigenvalue weighted by Crippen LogP contribution is 2.25. The van der Waals surface area contributed by atoms with Crippen molar-refractivity contribution in [2.45, 2.75) is 13.0 Å². The van der Waals surface area contributed by atoms with Crippen LogP contribution in [0, 0.1) is 11.3 Å². The molecule has 1 amide bonds. The van der Waals surface area contributed by atoms with Crippen molar-refractivity contribution < 1.29 is 9.53 Å². The zero-order valence-electron chi connectivity index (χ0n) is 18.1. The Morgan fingerprint density at radius 2 is 1.94 bits per heavy atom. The van der Waals surface area contributed by atoms with Gasteiger partial charge < -0.3 is 9.30 Å². The Bertz CT molecular complexity index is 1320. The second kappa shape index (κ2) is 11.3. The Balaban J connectivity index is 1.35. The van der Waals surface area contributed by atoms with Crippen molar-refractivity contribution in [1.29, 1.82) is 5.26 Å². The van der Waals surface area contributed by atoms with Gasteiger partial charge in [0.2, 0.25) is 0 Å². The van der Waals surface area contributed by atoms with Crippen LogP contribution in [0.4, 0.5) is 5.13 Å². The number of ether oxygens (including phenoxy) is 1. The molecule has 170 valence electrons. The number of benzene rings is 2. The summed E-state index contributed by atoms with van der Waals surface area (Å²) in [7, 11) is 0. The number of aryl methyl sites for hydroxylation is 1. The lowest BCUT2D eigenvalue weighted by Gasteiger charge is -2.09. The summed E-state index contributed by atoms with van der Waals surface area (Å²) in [5.41, 5.74) is 2.52. The third-order valence-corrected chi connectivity index (χ3v) is 5.95. The predicted octanol–water partition coefficient (Wildman–Crippen LogP) is 6.28. The van der Waals surface area contributed by atoms with Gasteiger partial charge in [-0.15, -0.1) is 11.3 Å². The van der Waals surface area contributed by atoms with E-state index in [4.69, 9.17) is 16.3 Å². The first kappa shape index (κ1) is 23.3. The van der Waals surface area contributed by atoms with Gasteiger partial charge in [0.1, 0.15) is 17.4 Å². The standard InChI is InChI=1S/C26H21ClN4O2S/c27-21-9-11-23(12-10-21)33-15-5-14-31-13-4-8-22(31)16-20(17-28)25(32)30-26-29-24(18-34-26)19-6-2-1-3-7-19/h1-4,6-13,16,18H,5,14-15H2,(H,29,30,32). The van der Waals surface area contributed by atoms with Crippen molar-refractivity contribution in [2.24, 2.45) is 0 Å².